The molecular weight excluding hydrogens is 481 g/mol. The minimum atomic E-state index is -1.58. The molecule has 2 aliphatic heterocycles. The Morgan fingerprint density at radius 2 is 1.82 bits per heavy atom. The van der Waals surface area contributed by atoms with E-state index >= 15 is 0 Å². The van der Waals surface area contributed by atoms with Crippen LogP contribution in [0.25, 0.3) is 0 Å². The number of carbonyl (C=O) groups excluding carboxylic acids is 2. The van der Waals surface area contributed by atoms with Crippen LogP contribution in [0.4, 0.5) is 0 Å². The van der Waals surface area contributed by atoms with Crippen molar-refractivity contribution in [3.63, 3.8) is 0 Å². The van der Waals surface area contributed by atoms with Crippen molar-refractivity contribution in [1.29, 1.82) is 0 Å². The van der Waals surface area contributed by atoms with E-state index in [1.165, 1.54) is 0 Å². The quantitative estimate of drug-likeness (QED) is 0.453. The number of nitrogens with two attached hydrogens (primary N) is 1. The number of rotatable bonds is 4. The van der Waals surface area contributed by atoms with Crippen LogP contribution in [0.2, 0.25) is 0 Å². The monoisotopic (exact) mass is 515 g/mol. The van der Waals surface area contributed by atoms with Crippen LogP contribution in [0, 0.1) is 17.8 Å². The summed E-state index contributed by atoms with van der Waals surface area (Å²) in [7, 11) is 3.16. The number of Topliss-reactive ketones (excluding diaryl/α,β-unsaturated/α-hetero) is 2. The van der Waals surface area contributed by atoms with Crippen molar-refractivity contribution in [1.82, 2.24) is 0 Å². The summed E-state index contributed by atoms with van der Waals surface area (Å²) in [6.07, 6.45) is 3.86. The first-order valence-electron chi connectivity index (χ1n) is 12.5. The molecule has 0 bridgehead atoms. The summed E-state index contributed by atoms with van der Waals surface area (Å²) in [6.45, 7) is 2.15. The average molecular weight is 516 g/mol. The van der Waals surface area contributed by atoms with Crippen LogP contribution in [0.1, 0.15) is 51.9 Å². The zero-order valence-electron chi connectivity index (χ0n) is 20.1. The molecule has 5 aliphatic rings. The molecule has 2 saturated carbocycles. The highest BCUT2D eigenvalue weighted by atomic mass is 35.5. The molecule has 9 heteroatoms. The molecule has 7 nitrogen and oxygen atoms in total. The lowest BCUT2D eigenvalue weighted by molar-refractivity contribution is -0.159. The zero-order chi connectivity index (χ0) is 24.4. The third-order valence-electron chi connectivity index (χ3n) is 9.12. The van der Waals surface area contributed by atoms with Crippen molar-refractivity contribution >= 4 is 34.8 Å². The van der Waals surface area contributed by atoms with E-state index in [-0.39, 0.29) is 35.5 Å². The van der Waals surface area contributed by atoms with Crippen molar-refractivity contribution in [2.75, 3.05) is 20.8 Å². The van der Waals surface area contributed by atoms with Crippen molar-refractivity contribution in [2.45, 2.75) is 92.1 Å². The molecule has 0 amide bonds. The van der Waals surface area contributed by atoms with Gasteiger partial charge in [0.15, 0.2) is 11.4 Å². The molecule has 7 unspecified atom stereocenters. The smallest absolute Gasteiger partial charge is 0.202 e. The Balaban J connectivity index is 1.48. The lowest BCUT2D eigenvalue weighted by Gasteiger charge is -2.41. The number of alkyl halides is 2. The van der Waals surface area contributed by atoms with Gasteiger partial charge in [-0.05, 0) is 12.8 Å². The molecule has 2 N–H and O–H groups in total. The maximum Gasteiger partial charge on any atom is 0.202 e. The van der Waals surface area contributed by atoms with Crippen LogP contribution in [-0.4, -0.2) is 72.6 Å². The number of hydrogen-bond donors (Lipinski definition) is 1. The van der Waals surface area contributed by atoms with E-state index in [9.17, 15) is 9.59 Å². The fourth-order valence-corrected chi connectivity index (χ4v) is 8.15. The molecule has 5 rings (SSSR count). The van der Waals surface area contributed by atoms with Crippen molar-refractivity contribution in [3.05, 3.63) is 11.3 Å². The number of methoxy groups -OCH3 is 2. The topological polar surface area (TPSA) is 97.1 Å². The summed E-state index contributed by atoms with van der Waals surface area (Å²) < 4.78 is 24.2. The Morgan fingerprint density at radius 3 is 2.47 bits per heavy atom. The summed E-state index contributed by atoms with van der Waals surface area (Å²) in [6, 6.07) is 0. The lowest BCUT2D eigenvalue weighted by atomic mass is 9.67. The first-order valence-corrected chi connectivity index (χ1v) is 13.3. The third-order valence-corrected chi connectivity index (χ3v) is 10.2. The van der Waals surface area contributed by atoms with E-state index in [0.29, 0.717) is 30.6 Å². The standard InChI is InChI=1S/C25H35Cl2NO6/c1-12-8-16-13(10-24(11-28,33-16)14-6-4-5-7-15(14)26)22(29)25(12)23(30)19-17(31-2)9-18(32-3)20(27)21(19)34-25/h12,14-15,17-21H,4-11,28H2,1-3H3/t12-,14?,15?,17?,18?,19?,20?,21?,24+,25+/m1/s1. The number of hydrogen-bond acceptors (Lipinski definition) is 7. The van der Waals surface area contributed by atoms with Crippen LogP contribution >= 0.6 is 23.2 Å². The summed E-state index contributed by atoms with van der Waals surface area (Å²) in [5, 5.41) is -0.597. The van der Waals surface area contributed by atoms with Crippen LogP contribution in [-0.2, 0) is 28.5 Å². The number of ketones is 2. The van der Waals surface area contributed by atoms with Crippen LogP contribution in [0.3, 0.4) is 0 Å². The highest BCUT2D eigenvalue weighted by Crippen LogP contribution is 2.56. The van der Waals surface area contributed by atoms with Gasteiger partial charge in [-0.2, -0.15) is 0 Å². The normalized spacial score (nSPS) is 48.8. The second-order valence-electron chi connectivity index (χ2n) is 10.7. The maximum absolute atomic E-state index is 14.1. The van der Waals surface area contributed by atoms with Gasteiger partial charge in [-0.1, -0.05) is 19.8 Å². The summed E-state index contributed by atoms with van der Waals surface area (Å²) in [4.78, 5) is 28.1. The van der Waals surface area contributed by atoms with Crippen LogP contribution in [0.15, 0.2) is 11.3 Å². The van der Waals surface area contributed by atoms with E-state index in [1.54, 1.807) is 14.2 Å². The van der Waals surface area contributed by atoms with E-state index < -0.39 is 40.6 Å². The van der Waals surface area contributed by atoms with Gasteiger partial charge in [-0.15, -0.1) is 23.2 Å². The van der Waals surface area contributed by atoms with Crippen molar-refractivity contribution in [3.8, 4) is 0 Å². The molecule has 3 aliphatic carbocycles. The van der Waals surface area contributed by atoms with Crippen molar-refractivity contribution < 1.29 is 28.5 Å². The second-order valence-corrected chi connectivity index (χ2v) is 11.8. The highest BCUT2D eigenvalue weighted by Gasteiger charge is 2.69. The lowest BCUT2D eigenvalue weighted by Crippen LogP contribution is -2.55. The van der Waals surface area contributed by atoms with Gasteiger partial charge in [0.05, 0.1) is 29.6 Å². The number of allylic oxidation sites excluding steroid dienone is 1. The predicted octanol–water partition coefficient (Wildman–Crippen LogP) is 3.13. The maximum atomic E-state index is 14.1. The largest absolute Gasteiger partial charge is 0.489 e. The van der Waals surface area contributed by atoms with Crippen LogP contribution < -0.4 is 5.73 Å². The molecular formula is C25H35Cl2NO6. The number of fused-ring (bicyclic) bond motifs is 1. The summed E-state index contributed by atoms with van der Waals surface area (Å²) >= 11 is 13.5. The summed E-state index contributed by atoms with van der Waals surface area (Å²) in [5.41, 5.74) is 4.52. The van der Waals surface area contributed by atoms with Gasteiger partial charge in [0.25, 0.3) is 0 Å². The molecule has 1 saturated heterocycles. The van der Waals surface area contributed by atoms with Gasteiger partial charge in [-0.25, -0.2) is 0 Å². The van der Waals surface area contributed by atoms with Crippen LogP contribution in [0.5, 0.6) is 0 Å². The van der Waals surface area contributed by atoms with Gasteiger partial charge < -0.3 is 24.7 Å². The minimum Gasteiger partial charge on any atom is -0.489 e. The predicted molar refractivity (Wildman–Crippen MR) is 127 cm³/mol. The van der Waals surface area contributed by atoms with Gasteiger partial charge in [0.1, 0.15) is 11.4 Å². The van der Waals surface area contributed by atoms with E-state index in [4.69, 9.17) is 47.9 Å². The Morgan fingerprint density at radius 1 is 1.12 bits per heavy atom. The fourth-order valence-electron chi connectivity index (χ4n) is 7.23. The molecule has 10 atom stereocenters. The SMILES string of the molecule is COC1CC(OC)C2C(=O)[C@@]3(OC2C1Cl)C(=O)C1=C(C[C@H]3C)O[C@@](CN)(C2CCCCC2Cl)C1. The van der Waals surface area contributed by atoms with Gasteiger partial charge in [0, 0.05) is 62.8 Å². The Kier molecular flexibility index (Phi) is 6.61. The number of halogens is 2. The molecule has 0 radical (unpaired) electrons. The van der Waals surface area contributed by atoms with Gasteiger partial charge >= 0.3 is 0 Å². The minimum absolute atomic E-state index is 0.0437. The second kappa shape index (κ2) is 9.00. The van der Waals surface area contributed by atoms with E-state index in [0.717, 1.165) is 25.7 Å². The Labute approximate surface area is 211 Å². The zero-order valence-corrected chi connectivity index (χ0v) is 21.6. The van der Waals surface area contributed by atoms with E-state index in [1.807, 2.05) is 6.92 Å². The average Bonchev–Trinajstić information content (AvgIpc) is 3.36. The van der Waals surface area contributed by atoms with E-state index in [2.05, 4.69) is 0 Å². The molecule has 0 aromatic carbocycles. The Hall–Kier alpha value is -0.700. The number of carbonyl (C=O) groups is 2. The van der Waals surface area contributed by atoms with Gasteiger partial charge in [0.2, 0.25) is 5.78 Å². The van der Waals surface area contributed by atoms with Crippen molar-refractivity contribution in [2.24, 2.45) is 23.5 Å². The van der Waals surface area contributed by atoms with Gasteiger partial charge in [-0.3, -0.25) is 9.59 Å². The molecule has 0 aromatic rings. The first-order chi connectivity index (χ1) is 16.2. The highest BCUT2D eigenvalue weighted by molar-refractivity contribution is 6.24. The fraction of sp³-hybridized carbons (Fsp3) is 0.840. The third kappa shape index (κ3) is 3.37. The molecule has 3 fully saturated rings. The summed E-state index contributed by atoms with van der Waals surface area (Å²) in [5.74, 6) is -0.828. The first kappa shape index (κ1) is 25.0. The molecule has 2 heterocycles. The molecule has 1 spiro atoms. The molecule has 190 valence electrons. The Bertz CT molecular complexity index is 897. The molecule has 0 aromatic heterocycles. The molecule has 34 heavy (non-hydrogen) atoms. The number of ether oxygens (including phenoxy) is 4.